The van der Waals surface area contributed by atoms with E-state index in [1.54, 1.807) is 11.4 Å². The number of hydrogen-bond acceptors (Lipinski definition) is 5. The maximum Gasteiger partial charge on any atom is 0.265 e. The summed E-state index contributed by atoms with van der Waals surface area (Å²) in [5, 5.41) is 7.98. The Bertz CT molecular complexity index is 949. The van der Waals surface area contributed by atoms with E-state index in [-0.39, 0.29) is 21.7 Å². The highest BCUT2D eigenvalue weighted by Crippen LogP contribution is 2.34. The highest BCUT2D eigenvalue weighted by Gasteiger charge is 2.33. The summed E-state index contributed by atoms with van der Waals surface area (Å²) in [6, 6.07) is 9.39. The Morgan fingerprint density at radius 3 is 2.89 bits per heavy atom. The van der Waals surface area contributed by atoms with Gasteiger partial charge < -0.3 is 10.6 Å². The van der Waals surface area contributed by atoms with E-state index < -0.39 is 10.0 Å². The lowest BCUT2D eigenvalue weighted by Crippen LogP contribution is -2.43. The van der Waals surface area contributed by atoms with E-state index >= 15 is 0 Å². The van der Waals surface area contributed by atoms with E-state index in [1.807, 2.05) is 24.3 Å². The summed E-state index contributed by atoms with van der Waals surface area (Å²) in [5.74, 6) is -0.314. The zero-order valence-corrected chi connectivity index (χ0v) is 17.3. The molecule has 150 valence electrons. The van der Waals surface area contributed by atoms with Crippen LogP contribution in [-0.4, -0.2) is 40.0 Å². The number of piperidine rings is 1. The number of amides is 1. The Morgan fingerprint density at radius 2 is 2.07 bits per heavy atom. The van der Waals surface area contributed by atoms with Gasteiger partial charge in [0.05, 0.1) is 5.69 Å². The molecule has 1 amide bonds. The molecule has 1 atom stereocenters. The number of thiophene rings is 1. The van der Waals surface area contributed by atoms with Gasteiger partial charge >= 0.3 is 0 Å². The van der Waals surface area contributed by atoms with Crippen LogP contribution < -0.4 is 14.9 Å². The zero-order valence-electron chi connectivity index (χ0n) is 15.7. The van der Waals surface area contributed by atoms with Crippen LogP contribution in [0.15, 0.2) is 40.6 Å². The lowest BCUT2D eigenvalue weighted by Gasteiger charge is -2.30. The first kappa shape index (κ1) is 19.4. The second kappa shape index (κ2) is 8.23. The summed E-state index contributed by atoms with van der Waals surface area (Å²) in [6.07, 6.45) is 4.98. The number of anilines is 1. The van der Waals surface area contributed by atoms with E-state index in [0.717, 1.165) is 49.9 Å². The Kier molecular flexibility index (Phi) is 5.70. The van der Waals surface area contributed by atoms with Crippen LogP contribution in [0.25, 0.3) is 0 Å². The molecule has 0 aliphatic carbocycles. The van der Waals surface area contributed by atoms with E-state index in [2.05, 4.69) is 10.6 Å². The van der Waals surface area contributed by atoms with Crippen molar-refractivity contribution in [1.29, 1.82) is 0 Å². The molecule has 0 saturated carbocycles. The van der Waals surface area contributed by atoms with Crippen LogP contribution in [0.5, 0.6) is 0 Å². The molecule has 3 heterocycles. The highest BCUT2D eigenvalue weighted by atomic mass is 32.2. The third-order valence-electron chi connectivity index (χ3n) is 5.39. The van der Waals surface area contributed by atoms with E-state index in [4.69, 9.17) is 0 Å². The number of nitrogens with one attached hydrogen (secondary N) is 2. The average molecular weight is 420 g/mol. The van der Waals surface area contributed by atoms with Gasteiger partial charge in [-0.1, -0.05) is 24.6 Å². The van der Waals surface area contributed by atoms with Gasteiger partial charge in [0, 0.05) is 19.1 Å². The van der Waals surface area contributed by atoms with Crippen molar-refractivity contribution in [2.24, 2.45) is 0 Å². The van der Waals surface area contributed by atoms with Crippen molar-refractivity contribution in [3.05, 3.63) is 46.2 Å². The summed E-state index contributed by atoms with van der Waals surface area (Å²) in [4.78, 5) is 13.1. The molecular weight excluding hydrogens is 394 g/mol. The normalized spacial score (nSPS) is 19.9. The minimum absolute atomic E-state index is 0.100. The minimum atomic E-state index is -3.78. The molecule has 1 saturated heterocycles. The number of hydrogen-bond donors (Lipinski definition) is 2. The summed E-state index contributed by atoms with van der Waals surface area (Å²) < 4.78 is 28.2. The van der Waals surface area contributed by atoms with Gasteiger partial charge in [0.1, 0.15) is 9.77 Å². The van der Waals surface area contributed by atoms with Crippen LogP contribution in [0.2, 0.25) is 0 Å². The molecule has 0 bridgehead atoms. The molecule has 0 spiro atoms. The zero-order chi connectivity index (χ0) is 19.6. The van der Waals surface area contributed by atoms with Crippen molar-refractivity contribution in [1.82, 2.24) is 10.6 Å². The Balaban J connectivity index is 1.55. The average Bonchev–Trinajstić information content (AvgIpc) is 3.23. The van der Waals surface area contributed by atoms with Crippen molar-refractivity contribution >= 4 is 33.0 Å². The Labute approximate surface area is 170 Å². The molecule has 4 rings (SSSR count). The summed E-state index contributed by atoms with van der Waals surface area (Å²) in [5.41, 5.74) is 1.75. The first-order valence-electron chi connectivity index (χ1n) is 9.77. The summed E-state index contributed by atoms with van der Waals surface area (Å²) in [6.45, 7) is 1.92. The lowest BCUT2D eigenvalue weighted by atomic mass is 10.0. The fraction of sp³-hybridized carbons (Fsp3) is 0.450. The van der Waals surface area contributed by atoms with Crippen LogP contribution in [-0.2, 0) is 16.4 Å². The molecule has 2 aromatic rings. The standard InChI is InChI=1S/C20H25N3O3S2/c24-20(22-14-16-8-3-4-11-21-16)19-18(10-13-27-19)28(25,26)23-12-5-7-15-6-1-2-9-17(15)23/h1-2,6,9-10,13,16,21H,3-5,7-8,11-12,14H2,(H,22,24)/t16-/m1/s1. The molecule has 6 nitrogen and oxygen atoms in total. The van der Waals surface area contributed by atoms with Gasteiger partial charge in [0.2, 0.25) is 0 Å². The molecule has 28 heavy (non-hydrogen) atoms. The number of rotatable bonds is 5. The van der Waals surface area contributed by atoms with Gasteiger partial charge in [-0.3, -0.25) is 9.10 Å². The lowest BCUT2D eigenvalue weighted by molar-refractivity contribution is 0.0949. The molecule has 1 fully saturated rings. The van der Waals surface area contributed by atoms with Crippen molar-refractivity contribution in [3.63, 3.8) is 0 Å². The molecule has 0 radical (unpaired) electrons. The first-order chi connectivity index (χ1) is 13.6. The molecule has 8 heteroatoms. The predicted molar refractivity (Wildman–Crippen MR) is 112 cm³/mol. The number of fused-ring (bicyclic) bond motifs is 1. The Hall–Kier alpha value is -1.90. The van der Waals surface area contributed by atoms with E-state index in [1.165, 1.54) is 15.6 Å². The van der Waals surface area contributed by atoms with Crippen LogP contribution >= 0.6 is 11.3 Å². The van der Waals surface area contributed by atoms with Crippen molar-refractivity contribution in [2.75, 3.05) is 23.9 Å². The van der Waals surface area contributed by atoms with E-state index in [9.17, 15) is 13.2 Å². The molecule has 1 aromatic carbocycles. The van der Waals surface area contributed by atoms with Crippen molar-refractivity contribution in [2.45, 2.75) is 43.0 Å². The molecular formula is C20H25N3O3S2. The fourth-order valence-corrected chi connectivity index (χ4v) is 6.79. The summed E-state index contributed by atoms with van der Waals surface area (Å²) >= 11 is 1.18. The number of para-hydroxylation sites is 1. The van der Waals surface area contributed by atoms with Crippen molar-refractivity contribution in [3.8, 4) is 0 Å². The molecule has 2 N–H and O–H groups in total. The maximum atomic E-state index is 13.4. The van der Waals surface area contributed by atoms with Gasteiger partial charge in [-0.15, -0.1) is 11.3 Å². The maximum absolute atomic E-state index is 13.4. The third-order valence-corrected chi connectivity index (χ3v) is 8.29. The second-order valence-corrected chi connectivity index (χ2v) is 10.0. The number of nitrogens with zero attached hydrogens (tertiary/aromatic N) is 1. The number of benzene rings is 1. The van der Waals surface area contributed by atoms with E-state index in [0.29, 0.717) is 13.1 Å². The van der Waals surface area contributed by atoms with Gasteiger partial charge in [-0.05, 0) is 55.3 Å². The number of carbonyl (C=O) groups is 1. The van der Waals surface area contributed by atoms with Gasteiger partial charge in [-0.2, -0.15) is 0 Å². The second-order valence-electron chi connectivity index (χ2n) is 7.28. The number of aryl methyl sites for hydroxylation is 1. The van der Waals surface area contributed by atoms with Crippen LogP contribution in [0.1, 0.15) is 40.9 Å². The van der Waals surface area contributed by atoms with Crippen LogP contribution in [0.3, 0.4) is 0 Å². The molecule has 2 aliphatic heterocycles. The fourth-order valence-electron chi connectivity index (χ4n) is 3.93. The monoisotopic (exact) mass is 419 g/mol. The van der Waals surface area contributed by atoms with Gasteiger partial charge in [-0.25, -0.2) is 8.42 Å². The third kappa shape index (κ3) is 3.81. The van der Waals surface area contributed by atoms with Crippen LogP contribution in [0.4, 0.5) is 5.69 Å². The van der Waals surface area contributed by atoms with Crippen molar-refractivity contribution < 1.29 is 13.2 Å². The first-order valence-corrected chi connectivity index (χ1v) is 12.1. The van der Waals surface area contributed by atoms with Gasteiger partial charge in [0.25, 0.3) is 15.9 Å². The number of carbonyl (C=O) groups excluding carboxylic acids is 1. The predicted octanol–water partition coefficient (Wildman–Crippen LogP) is 2.76. The molecule has 0 unspecified atom stereocenters. The highest BCUT2D eigenvalue weighted by molar-refractivity contribution is 7.93. The quantitative estimate of drug-likeness (QED) is 0.781. The Morgan fingerprint density at radius 1 is 1.21 bits per heavy atom. The number of sulfonamides is 1. The largest absolute Gasteiger partial charge is 0.350 e. The van der Waals surface area contributed by atoms with Gasteiger partial charge in [0.15, 0.2) is 0 Å². The topological polar surface area (TPSA) is 78.5 Å². The smallest absolute Gasteiger partial charge is 0.265 e. The summed E-state index contributed by atoms with van der Waals surface area (Å²) in [7, 11) is -3.78. The minimum Gasteiger partial charge on any atom is -0.350 e. The van der Waals surface area contributed by atoms with Crippen LogP contribution in [0, 0.1) is 0 Å². The molecule has 1 aromatic heterocycles. The SMILES string of the molecule is O=C(NC[C@H]1CCCCN1)c1sccc1S(=O)(=O)N1CCCc2ccccc21. The molecule has 2 aliphatic rings.